The predicted octanol–water partition coefficient (Wildman–Crippen LogP) is 0.325. The molecule has 0 amide bonds. The van der Waals surface area contributed by atoms with Gasteiger partial charge in [0.15, 0.2) is 0 Å². The van der Waals surface area contributed by atoms with Crippen molar-refractivity contribution in [2.45, 2.75) is 6.92 Å². The zero-order valence-electron chi connectivity index (χ0n) is 8.84. The molecule has 0 aromatic carbocycles. The lowest BCUT2D eigenvalue weighted by atomic mass is 10.1. The molecule has 0 unspecified atom stereocenters. The molecule has 0 bridgehead atoms. The average Bonchev–Trinajstić information content (AvgIpc) is 2.19. The monoisotopic (exact) mass is 193 g/mol. The highest BCUT2D eigenvalue weighted by atomic mass is 15.2. The van der Waals surface area contributed by atoms with Crippen molar-refractivity contribution in [3.8, 4) is 0 Å². The van der Waals surface area contributed by atoms with E-state index in [0.29, 0.717) is 0 Å². The van der Waals surface area contributed by atoms with Crippen molar-refractivity contribution < 1.29 is 0 Å². The highest BCUT2D eigenvalue weighted by molar-refractivity contribution is 5.27. The van der Waals surface area contributed by atoms with Gasteiger partial charge in [-0.25, -0.2) is 0 Å². The molecule has 0 radical (unpaired) electrons. The van der Waals surface area contributed by atoms with E-state index in [0.717, 1.165) is 26.2 Å². The third kappa shape index (κ3) is 2.59. The van der Waals surface area contributed by atoms with Crippen LogP contribution in [0.4, 0.5) is 0 Å². The Kier molecular flexibility index (Phi) is 3.22. The molecule has 78 valence electrons. The van der Waals surface area contributed by atoms with Crippen LogP contribution in [0.15, 0.2) is 23.4 Å². The van der Waals surface area contributed by atoms with Crippen LogP contribution < -0.4 is 10.6 Å². The van der Waals surface area contributed by atoms with Crippen LogP contribution in [0.5, 0.6) is 0 Å². The van der Waals surface area contributed by atoms with E-state index < -0.39 is 0 Å². The third-order valence-corrected chi connectivity index (χ3v) is 2.73. The van der Waals surface area contributed by atoms with Crippen LogP contribution in [0.1, 0.15) is 6.92 Å². The SMILES string of the molecule is CC1=CNCC(CN2CCNCC2)=C1. The van der Waals surface area contributed by atoms with Gasteiger partial charge in [-0.1, -0.05) is 6.08 Å². The van der Waals surface area contributed by atoms with E-state index in [-0.39, 0.29) is 0 Å². The summed E-state index contributed by atoms with van der Waals surface area (Å²) in [5, 5.41) is 6.67. The number of rotatable bonds is 2. The average molecular weight is 193 g/mol. The van der Waals surface area contributed by atoms with Crippen molar-refractivity contribution >= 4 is 0 Å². The molecule has 0 aromatic heterocycles. The molecule has 1 saturated heterocycles. The second-order valence-corrected chi connectivity index (χ2v) is 4.10. The molecule has 0 spiro atoms. The first-order valence-electron chi connectivity index (χ1n) is 5.37. The number of nitrogens with one attached hydrogen (secondary N) is 2. The summed E-state index contributed by atoms with van der Waals surface area (Å²) in [5.74, 6) is 0. The molecule has 3 heteroatoms. The normalized spacial score (nSPS) is 23.8. The third-order valence-electron chi connectivity index (χ3n) is 2.73. The van der Waals surface area contributed by atoms with Crippen molar-refractivity contribution in [3.05, 3.63) is 23.4 Å². The van der Waals surface area contributed by atoms with E-state index in [1.807, 2.05) is 0 Å². The maximum Gasteiger partial charge on any atom is 0.0370 e. The number of hydrogen-bond donors (Lipinski definition) is 2. The van der Waals surface area contributed by atoms with Gasteiger partial charge >= 0.3 is 0 Å². The van der Waals surface area contributed by atoms with E-state index in [4.69, 9.17) is 0 Å². The van der Waals surface area contributed by atoms with Crippen LogP contribution in [0.2, 0.25) is 0 Å². The fraction of sp³-hybridized carbons (Fsp3) is 0.636. The Balaban J connectivity index is 1.87. The molecule has 14 heavy (non-hydrogen) atoms. The molecule has 2 N–H and O–H groups in total. The van der Waals surface area contributed by atoms with Crippen LogP contribution in [-0.2, 0) is 0 Å². The predicted molar refractivity (Wildman–Crippen MR) is 59.2 cm³/mol. The van der Waals surface area contributed by atoms with E-state index in [1.54, 1.807) is 0 Å². The van der Waals surface area contributed by atoms with Gasteiger partial charge in [0.2, 0.25) is 0 Å². The van der Waals surface area contributed by atoms with Crippen LogP contribution in [-0.4, -0.2) is 44.2 Å². The van der Waals surface area contributed by atoms with Crippen LogP contribution in [0.3, 0.4) is 0 Å². The topological polar surface area (TPSA) is 27.3 Å². The first-order valence-corrected chi connectivity index (χ1v) is 5.37. The second kappa shape index (κ2) is 4.62. The summed E-state index contributed by atoms with van der Waals surface area (Å²) in [6.07, 6.45) is 4.39. The summed E-state index contributed by atoms with van der Waals surface area (Å²) in [4.78, 5) is 2.52. The van der Waals surface area contributed by atoms with Crippen molar-refractivity contribution in [3.63, 3.8) is 0 Å². The summed E-state index contributed by atoms with van der Waals surface area (Å²) in [6.45, 7) is 8.91. The fourth-order valence-electron chi connectivity index (χ4n) is 2.02. The lowest BCUT2D eigenvalue weighted by Gasteiger charge is -2.29. The van der Waals surface area contributed by atoms with Gasteiger partial charge in [0.05, 0.1) is 0 Å². The Morgan fingerprint density at radius 2 is 2.14 bits per heavy atom. The lowest BCUT2D eigenvalue weighted by Crippen LogP contribution is -2.44. The number of nitrogens with zero attached hydrogens (tertiary/aromatic N) is 1. The van der Waals surface area contributed by atoms with Gasteiger partial charge in [0.1, 0.15) is 0 Å². The highest BCUT2D eigenvalue weighted by Crippen LogP contribution is 2.08. The number of allylic oxidation sites excluding steroid dienone is 2. The van der Waals surface area contributed by atoms with Gasteiger partial charge in [-0.3, -0.25) is 4.90 Å². The number of hydrogen-bond acceptors (Lipinski definition) is 3. The zero-order chi connectivity index (χ0) is 9.80. The van der Waals surface area contributed by atoms with E-state index in [1.165, 1.54) is 24.2 Å². The minimum absolute atomic E-state index is 1.02. The zero-order valence-corrected chi connectivity index (χ0v) is 8.84. The van der Waals surface area contributed by atoms with Crippen molar-refractivity contribution in [2.75, 3.05) is 39.3 Å². The molecule has 0 atom stereocenters. The molecule has 2 rings (SSSR count). The molecular formula is C11H19N3. The Hall–Kier alpha value is -0.800. The van der Waals surface area contributed by atoms with E-state index in [9.17, 15) is 0 Å². The molecular weight excluding hydrogens is 174 g/mol. The van der Waals surface area contributed by atoms with Crippen LogP contribution in [0.25, 0.3) is 0 Å². The molecule has 0 aromatic rings. The number of dihydropyridines is 1. The fourth-order valence-corrected chi connectivity index (χ4v) is 2.02. The van der Waals surface area contributed by atoms with Gasteiger partial charge in [-0.2, -0.15) is 0 Å². The molecule has 1 fully saturated rings. The molecule has 0 aliphatic carbocycles. The smallest absolute Gasteiger partial charge is 0.0370 e. The molecule has 2 aliphatic heterocycles. The quantitative estimate of drug-likeness (QED) is 0.661. The van der Waals surface area contributed by atoms with Gasteiger partial charge < -0.3 is 10.6 Å². The summed E-state index contributed by atoms with van der Waals surface area (Å²) >= 11 is 0. The van der Waals surface area contributed by atoms with Gasteiger partial charge in [0, 0.05) is 39.3 Å². The first kappa shape index (κ1) is 9.74. The molecule has 2 heterocycles. The maximum absolute atomic E-state index is 3.37. The standard InChI is InChI=1S/C11H19N3/c1-10-6-11(8-13-7-10)9-14-4-2-12-3-5-14/h6-7,12-13H,2-5,8-9H2,1H3. The largest absolute Gasteiger partial charge is 0.387 e. The van der Waals surface area contributed by atoms with E-state index >= 15 is 0 Å². The Morgan fingerprint density at radius 3 is 2.86 bits per heavy atom. The second-order valence-electron chi connectivity index (χ2n) is 4.10. The van der Waals surface area contributed by atoms with Gasteiger partial charge in [-0.05, 0) is 24.3 Å². The Labute approximate surface area is 85.9 Å². The minimum atomic E-state index is 1.02. The van der Waals surface area contributed by atoms with Gasteiger partial charge in [-0.15, -0.1) is 0 Å². The summed E-state index contributed by atoms with van der Waals surface area (Å²) in [6, 6.07) is 0. The van der Waals surface area contributed by atoms with Crippen molar-refractivity contribution in [1.29, 1.82) is 0 Å². The summed E-state index contributed by atoms with van der Waals surface area (Å²) in [7, 11) is 0. The molecule has 3 nitrogen and oxygen atoms in total. The first-order chi connectivity index (χ1) is 6.84. The van der Waals surface area contributed by atoms with E-state index in [2.05, 4.69) is 34.7 Å². The highest BCUT2D eigenvalue weighted by Gasteiger charge is 2.11. The van der Waals surface area contributed by atoms with Crippen LogP contribution >= 0.6 is 0 Å². The van der Waals surface area contributed by atoms with Gasteiger partial charge in [0.25, 0.3) is 0 Å². The summed E-state index contributed by atoms with van der Waals surface area (Å²) in [5.41, 5.74) is 2.84. The lowest BCUT2D eigenvalue weighted by molar-refractivity contribution is 0.258. The minimum Gasteiger partial charge on any atom is -0.387 e. The maximum atomic E-state index is 3.37. The molecule has 0 saturated carbocycles. The Morgan fingerprint density at radius 1 is 1.36 bits per heavy atom. The summed E-state index contributed by atoms with van der Waals surface area (Å²) < 4.78 is 0. The van der Waals surface area contributed by atoms with Crippen molar-refractivity contribution in [1.82, 2.24) is 15.5 Å². The molecule has 2 aliphatic rings. The van der Waals surface area contributed by atoms with Crippen LogP contribution in [0, 0.1) is 0 Å². The number of piperazine rings is 1. The Bertz CT molecular complexity index is 249. The van der Waals surface area contributed by atoms with Crippen molar-refractivity contribution in [2.24, 2.45) is 0 Å².